The monoisotopic (exact) mass is 372 g/mol. The van der Waals surface area contributed by atoms with Crippen molar-refractivity contribution >= 4 is 39.0 Å². The van der Waals surface area contributed by atoms with Crippen LogP contribution in [0.25, 0.3) is 0 Å². The van der Waals surface area contributed by atoms with Crippen molar-refractivity contribution in [1.29, 1.82) is 0 Å². The molecule has 1 aromatic carbocycles. The molecule has 0 aliphatic carbocycles. The molecule has 2 heterocycles. The van der Waals surface area contributed by atoms with E-state index in [0.29, 0.717) is 31.2 Å². The average molecular weight is 373 g/mol. The highest BCUT2D eigenvalue weighted by Gasteiger charge is 2.32. The van der Waals surface area contributed by atoms with Gasteiger partial charge in [-0.2, -0.15) is 4.31 Å². The van der Waals surface area contributed by atoms with Crippen LogP contribution < -0.4 is 9.88 Å². The Hall–Kier alpha value is -1.34. The second kappa shape index (κ2) is 6.65. The Balaban J connectivity index is 1.78. The van der Waals surface area contributed by atoms with Crippen LogP contribution in [0.1, 0.15) is 0 Å². The second-order valence-electron chi connectivity index (χ2n) is 5.21. The van der Waals surface area contributed by atoms with Crippen molar-refractivity contribution in [2.45, 2.75) is 4.90 Å². The number of nitrogens with one attached hydrogen (secondary N) is 1. The van der Waals surface area contributed by atoms with E-state index in [-0.39, 0.29) is 9.92 Å². The molecular formula is C15H16Cl2N3O2S+. The van der Waals surface area contributed by atoms with Crippen molar-refractivity contribution in [3.05, 3.63) is 52.6 Å². The minimum absolute atomic E-state index is 0.0615. The first-order chi connectivity index (χ1) is 11.0. The Labute approximate surface area is 145 Å². The lowest BCUT2D eigenvalue weighted by molar-refractivity contribution is -0.364. The van der Waals surface area contributed by atoms with Gasteiger partial charge in [0.2, 0.25) is 10.0 Å². The lowest BCUT2D eigenvalue weighted by Crippen LogP contribution is -2.49. The van der Waals surface area contributed by atoms with Gasteiger partial charge in [-0.1, -0.05) is 29.3 Å². The summed E-state index contributed by atoms with van der Waals surface area (Å²) < 4.78 is 27.0. The third-order valence-electron chi connectivity index (χ3n) is 3.78. The number of piperazine rings is 1. The molecule has 2 aromatic rings. The predicted octanol–water partition coefficient (Wildman–Crippen LogP) is 2.32. The highest BCUT2D eigenvalue weighted by Crippen LogP contribution is 2.28. The van der Waals surface area contributed by atoms with Gasteiger partial charge in [-0.3, -0.25) is 4.90 Å². The average Bonchev–Trinajstić information content (AvgIpc) is 2.58. The summed E-state index contributed by atoms with van der Waals surface area (Å²) in [5.41, 5.74) is 0. The molecular weight excluding hydrogens is 357 g/mol. The summed E-state index contributed by atoms with van der Waals surface area (Å²) in [5, 5.41) is 0.540. The summed E-state index contributed by atoms with van der Waals surface area (Å²) in [6.45, 7) is 2.01. The van der Waals surface area contributed by atoms with E-state index >= 15 is 0 Å². The van der Waals surface area contributed by atoms with Crippen molar-refractivity contribution in [2.24, 2.45) is 0 Å². The first-order valence-electron chi connectivity index (χ1n) is 7.15. The number of aromatic amines is 1. The smallest absolute Gasteiger partial charge is 0.259 e. The van der Waals surface area contributed by atoms with Gasteiger partial charge in [0.25, 0.3) is 5.82 Å². The molecule has 0 radical (unpaired) electrons. The number of hydrogen-bond donors (Lipinski definition) is 0. The number of nitrogens with zero attached hydrogens (tertiary/aromatic N) is 2. The van der Waals surface area contributed by atoms with Gasteiger partial charge < -0.3 is 0 Å². The molecule has 0 saturated carbocycles. The summed E-state index contributed by atoms with van der Waals surface area (Å²) in [4.78, 5) is 5.34. The van der Waals surface area contributed by atoms with Gasteiger partial charge in [0.05, 0.1) is 37.4 Å². The van der Waals surface area contributed by atoms with Crippen molar-refractivity contribution in [3.8, 4) is 0 Å². The highest BCUT2D eigenvalue weighted by atomic mass is 35.5. The summed E-state index contributed by atoms with van der Waals surface area (Å²) in [6.07, 6.45) is 1.85. The van der Waals surface area contributed by atoms with Crippen LogP contribution in [0, 0.1) is 0 Å². The Morgan fingerprint density at radius 2 is 1.74 bits per heavy atom. The molecule has 0 amide bonds. The first-order valence-corrected chi connectivity index (χ1v) is 9.35. The van der Waals surface area contributed by atoms with E-state index in [4.69, 9.17) is 23.2 Å². The zero-order valence-electron chi connectivity index (χ0n) is 12.2. The van der Waals surface area contributed by atoms with Gasteiger partial charge in [0, 0.05) is 11.1 Å². The summed E-state index contributed by atoms with van der Waals surface area (Å²) in [5.74, 6) is 0.977. The van der Waals surface area contributed by atoms with Crippen molar-refractivity contribution in [2.75, 3.05) is 31.1 Å². The standard InChI is InChI=1S/C15H15Cl2N3O2S/c16-12-4-5-13(17)14(11-12)23(21,22)20-9-7-19(8-10-20)15-3-1-2-6-18-15/h1-6,11H,7-10H2/p+1. The van der Waals surface area contributed by atoms with Crippen molar-refractivity contribution in [3.63, 3.8) is 0 Å². The largest absolute Gasteiger partial charge is 0.274 e. The van der Waals surface area contributed by atoms with Crippen LogP contribution in [0.2, 0.25) is 10.0 Å². The fraction of sp³-hybridized carbons (Fsp3) is 0.267. The first kappa shape index (κ1) is 16.5. The number of sulfonamides is 1. The van der Waals surface area contributed by atoms with E-state index in [1.807, 2.05) is 24.4 Å². The number of rotatable bonds is 3. The molecule has 122 valence electrons. The van der Waals surface area contributed by atoms with E-state index in [2.05, 4.69) is 9.88 Å². The van der Waals surface area contributed by atoms with E-state index in [1.165, 1.54) is 16.4 Å². The molecule has 1 aliphatic heterocycles. The molecule has 0 atom stereocenters. The lowest BCUT2D eigenvalue weighted by Gasteiger charge is -2.30. The van der Waals surface area contributed by atoms with Crippen LogP contribution in [0.4, 0.5) is 5.82 Å². The second-order valence-corrected chi connectivity index (χ2v) is 7.96. The van der Waals surface area contributed by atoms with Crippen LogP contribution in [-0.2, 0) is 10.0 Å². The molecule has 1 aliphatic rings. The quantitative estimate of drug-likeness (QED) is 0.830. The number of hydrogen-bond acceptors (Lipinski definition) is 3. The zero-order chi connectivity index (χ0) is 16.4. The molecule has 5 nitrogen and oxygen atoms in total. The van der Waals surface area contributed by atoms with E-state index in [0.717, 1.165) is 5.82 Å². The van der Waals surface area contributed by atoms with Gasteiger partial charge in [0.1, 0.15) is 4.90 Å². The normalized spacial score (nSPS) is 16.5. The lowest BCUT2D eigenvalue weighted by atomic mass is 10.3. The van der Waals surface area contributed by atoms with E-state index < -0.39 is 10.0 Å². The van der Waals surface area contributed by atoms with Gasteiger partial charge in [-0.05, 0) is 24.3 Å². The number of H-pyrrole nitrogens is 1. The maximum Gasteiger partial charge on any atom is 0.274 e. The highest BCUT2D eigenvalue weighted by molar-refractivity contribution is 7.89. The SMILES string of the molecule is O=S(=O)(c1cc(Cl)ccc1Cl)N1CCN(c2cccc[nH+]2)CC1. The molecule has 8 heteroatoms. The van der Waals surface area contributed by atoms with Crippen LogP contribution in [0.5, 0.6) is 0 Å². The van der Waals surface area contributed by atoms with Crippen LogP contribution in [0.15, 0.2) is 47.5 Å². The topological polar surface area (TPSA) is 54.8 Å². The number of benzene rings is 1. The number of aromatic nitrogens is 1. The minimum Gasteiger partial charge on any atom is -0.259 e. The summed E-state index contributed by atoms with van der Waals surface area (Å²) >= 11 is 12.0. The van der Waals surface area contributed by atoms with E-state index in [9.17, 15) is 8.42 Å². The minimum atomic E-state index is -3.64. The Morgan fingerprint density at radius 1 is 1.00 bits per heavy atom. The molecule has 0 bridgehead atoms. The van der Waals surface area contributed by atoms with Gasteiger partial charge in [0.15, 0.2) is 0 Å². The van der Waals surface area contributed by atoms with E-state index in [1.54, 1.807) is 6.07 Å². The molecule has 1 fully saturated rings. The Bertz CT molecular complexity index is 792. The third-order valence-corrected chi connectivity index (χ3v) is 6.40. The fourth-order valence-corrected chi connectivity index (χ4v) is 4.72. The fourth-order valence-electron chi connectivity index (χ4n) is 2.56. The zero-order valence-corrected chi connectivity index (χ0v) is 14.6. The molecule has 3 rings (SSSR count). The maximum atomic E-state index is 12.8. The van der Waals surface area contributed by atoms with Gasteiger partial charge in [-0.15, -0.1) is 0 Å². The van der Waals surface area contributed by atoms with Crippen molar-refractivity contribution in [1.82, 2.24) is 4.31 Å². The molecule has 0 spiro atoms. The Morgan fingerprint density at radius 3 is 2.39 bits per heavy atom. The molecule has 0 unspecified atom stereocenters. The van der Waals surface area contributed by atoms with Crippen LogP contribution in [0.3, 0.4) is 0 Å². The molecule has 1 N–H and O–H groups in total. The van der Waals surface area contributed by atoms with Crippen LogP contribution in [-0.4, -0.2) is 38.9 Å². The third kappa shape index (κ3) is 3.45. The Kier molecular flexibility index (Phi) is 4.77. The molecule has 1 aromatic heterocycles. The van der Waals surface area contributed by atoms with Gasteiger partial charge >= 0.3 is 0 Å². The van der Waals surface area contributed by atoms with Crippen molar-refractivity contribution < 1.29 is 13.4 Å². The summed E-state index contributed by atoms with van der Waals surface area (Å²) in [7, 11) is -3.64. The summed E-state index contributed by atoms with van der Waals surface area (Å²) in [6, 6.07) is 10.3. The number of pyridine rings is 1. The van der Waals surface area contributed by atoms with Gasteiger partial charge in [-0.25, -0.2) is 13.4 Å². The van der Waals surface area contributed by atoms with Crippen LogP contribution >= 0.6 is 23.2 Å². The number of anilines is 1. The predicted molar refractivity (Wildman–Crippen MR) is 90.4 cm³/mol. The maximum absolute atomic E-state index is 12.8. The molecule has 1 saturated heterocycles. The molecule has 23 heavy (non-hydrogen) atoms. The number of halogens is 2.